The van der Waals surface area contributed by atoms with Crippen molar-refractivity contribution in [3.8, 4) is 11.1 Å². The van der Waals surface area contributed by atoms with Crippen LogP contribution in [0.25, 0.3) is 60.8 Å². The van der Waals surface area contributed by atoms with Gasteiger partial charge in [-0.25, -0.2) is 0 Å². The van der Waals surface area contributed by atoms with Crippen LogP contribution in [0.15, 0.2) is 102 Å². The van der Waals surface area contributed by atoms with E-state index in [4.69, 9.17) is 4.42 Å². The number of anilines is 1. The van der Waals surface area contributed by atoms with Crippen molar-refractivity contribution < 1.29 is 4.42 Å². The van der Waals surface area contributed by atoms with Crippen LogP contribution in [0.5, 0.6) is 0 Å². The topological polar surface area (TPSA) is 30.1 Å². The summed E-state index contributed by atoms with van der Waals surface area (Å²) >= 11 is 0. The molecule has 3 nitrogen and oxygen atoms in total. The van der Waals surface area contributed by atoms with Crippen LogP contribution in [0.2, 0.25) is 0 Å². The summed E-state index contributed by atoms with van der Waals surface area (Å²) in [5.74, 6) is 0.994. The van der Waals surface area contributed by atoms with Gasteiger partial charge in [-0.05, 0) is 71.5 Å². The summed E-state index contributed by atoms with van der Waals surface area (Å²) in [6, 6.07) is 24.3. The Hall–Kier alpha value is -4.50. The fourth-order valence-electron chi connectivity index (χ4n) is 5.96. The van der Waals surface area contributed by atoms with Crippen LogP contribution >= 0.6 is 0 Å². The largest absolute Gasteiger partial charge is 0.456 e. The maximum atomic E-state index is 6.43. The van der Waals surface area contributed by atoms with E-state index in [1.54, 1.807) is 0 Å². The summed E-state index contributed by atoms with van der Waals surface area (Å²) < 4.78 is 8.76. The van der Waals surface area contributed by atoms with E-state index >= 15 is 0 Å². The number of hydrogen-bond acceptors (Lipinski definition) is 2. The third kappa shape index (κ3) is 3.58. The molecule has 2 heterocycles. The molecule has 4 aromatic carbocycles. The lowest BCUT2D eigenvalue weighted by Crippen LogP contribution is -1.95. The molecule has 186 valence electrons. The molecule has 0 amide bonds. The molecule has 1 aliphatic rings. The lowest BCUT2D eigenvalue weighted by atomic mass is 9.95. The Balaban J connectivity index is 1.50. The minimum atomic E-state index is 0.942. The van der Waals surface area contributed by atoms with Crippen molar-refractivity contribution >= 4 is 55.3 Å². The van der Waals surface area contributed by atoms with E-state index in [1.807, 2.05) is 6.20 Å². The van der Waals surface area contributed by atoms with Crippen molar-refractivity contribution in [3.05, 3.63) is 109 Å². The zero-order chi connectivity index (χ0) is 25.6. The molecule has 0 spiro atoms. The van der Waals surface area contributed by atoms with Crippen LogP contribution in [-0.2, 0) is 13.5 Å². The number of benzene rings is 4. The third-order valence-corrected chi connectivity index (χ3v) is 7.78. The zero-order valence-corrected chi connectivity index (χ0v) is 21.8. The van der Waals surface area contributed by atoms with Gasteiger partial charge in [0.15, 0.2) is 0 Å². The Morgan fingerprint density at radius 2 is 1.76 bits per heavy atom. The molecule has 0 atom stereocenters. The highest BCUT2D eigenvalue weighted by Gasteiger charge is 2.23. The van der Waals surface area contributed by atoms with Crippen LogP contribution < -0.4 is 5.32 Å². The number of aryl methyl sites for hydroxylation is 2. The van der Waals surface area contributed by atoms with E-state index in [1.165, 1.54) is 54.7 Å². The van der Waals surface area contributed by atoms with E-state index in [-0.39, 0.29) is 0 Å². The maximum absolute atomic E-state index is 6.43. The highest BCUT2D eigenvalue weighted by molar-refractivity contribution is 6.25. The van der Waals surface area contributed by atoms with E-state index in [2.05, 4.69) is 121 Å². The minimum Gasteiger partial charge on any atom is -0.456 e. The van der Waals surface area contributed by atoms with E-state index in [0.29, 0.717) is 0 Å². The number of aromatic nitrogens is 1. The Bertz CT molecular complexity index is 1940. The standard InChI is InChI=1S/C35H30N2O/c1-3-4-5-10-19-36-29-22-32-33(27-13-8-9-14-31(27)38-32)34-28-21-26(17-18-30(28)37(2)35(29)34)25-16-15-23-11-6-7-12-24(23)20-25/h4-7,9-12,14-22,36H,3,8,13H2,1-2H3/b5-4-,19-10-. The monoisotopic (exact) mass is 494 g/mol. The fourth-order valence-corrected chi connectivity index (χ4v) is 5.96. The second kappa shape index (κ2) is 9.11. The lowest BCUT2D eigenvalue weighted by molar-refractivity contribution is 0.595. The number of rotatable bonds is 5. The van der Waals surface area contributed by atoms with Crippen molar-refractivity contribution in [2.75, 3.05) is 5.32 Å². The predicted molar refractivity (Wildman–Crippen MR) is 163 cm³/mol. The zero-order valence-electron chi connectivity index (χ0n) is 21.8. The maximum Gasteiger partial charge on any atom is 0.137 e. The first-order chi connectivity index (χ1) is 18.7. The smallest absolute Gasteiger partial charge is 0.137 e. The van der Waals surface area contributed by atoms with Gasteiger partial charge in [0.05, 0.1) is 11.2 Å². The van der Waals surface area contributed by atoms with Gasteiger partial charge in [0.2, 0.25) is 0 Å². The van der Waals surface area contributed by atoms with E-state index in [0.717, 1.165) is 36.3 Å². The normalized spacial score (nSPS) is 13.6. The molecule has 0 fully saturated rings. The van der Waals surface area contributed by atoms with Crippen LogP contribution in [0.3, 0.4) is 0 Å². The molecule has 6 aromatic rings. The quantitative estimate of drug-likeness (QED) is 0.242. The summed E-state index contributed by atoms with van der Waals surface area (Å²) in [6.45, 7) is 2.14. The summed E-state index contributed by atoms with van der Waals surface area (Å²) in [4.78, 5) is 0. The number of allylic oxidation sites excluding steroid dienone is 4. The van der Waals surface area contributed by atoms with E-state index < -0.39 is 0 Å². The van der Waals surface area contributed by atoms with Crippen LogP contribution in [-0.4, -0.2) is 4.57 Å². The summed E-state index contributed by atoms with van der Waals surface area (Å²) in [5, 5.41) is 9.86. The van der Waals surface area contributed by atoms with Crippen molar-refractivity contribution in [1.82, 2.24) is 4.57 Å². The summed E-state index contributed by atoms with van der Waals surface area (Å²) in [6.07, 6.45) is 15.7. The van der Waals surface area contributed by atoms with Crippen LogP contribution in [0.1, 0.15) is 31.1 Å². The number of furan rings is 1. The van der Waals surface area contributed by atoms with Gasteiger partial charge in [-0.1, -0.05) is 67.6 Å². The molecule has 3 heteroatoms. The van der Waals surface area contributed by atoms with Gasteiger partial charge in [-0.15, -0.1) is 0 Å². The molecule has 0 bridgehead atoms. The molecule has 2 aromatic heterocycles. The van der Waals surface area contributed by atoms with Crippen LogP contribution in [0, 0.1) is 0 Å². The van der Waals surface area contributed by atoms with Crippen molar-refractivity contribution in [3.63, 3.8) is 0 Å². The highest BCUT2D eigenvalue weighted by Crippen LogP contribution is 2.44. The first-order valence-corrected chi connectivity index (χ1v) is 13.5. The molecule has 0 aliphatic heterocycles. The number of fused-ring (bicyclic) bond motifs is 8. The number of hydrogen-bond donors (Lipinski definition) is 1. The second-order valence-electron chi connectivity index (χ2n) is 10.1. The number of nitrogens with zero attached hydrogens (tertiary/aromatic N) is 1. The molecular weight excluding hydrogens is 464 g/mol. The molecule has 0 radical (unpaired) electrons. The Kier molecular flexibility index (Phi) is 5.44. The first-order valence-electron chi connectivity index (χ1n) is 13.5. The van der Waals surface area contributed by atoms with Gasteiger partial charge in [-0.3, -0.25) is 0 Å². The molecule has 7 rings (SSSR count). The van der Waals surface area contributed by atoms with Gasteiger partial charge in [0.1, 0.15) is 11.3 Å². The average Bonchev–Trinajstić information content (AvgIpc) is 3.47. The predicted octanol–water partition coefficient (Wildman–Crippen LogP) is 9.75. The third-order valence-electron chi connectivity index (χ3n) is 7.78. The fraction of sp³-hybridized carbons (Fsp3) is 0.143. The highest BCUT2D eigenvalue weighted by atomic mass is 16.3. The molecule has 1 N–H and O–H groups in total. The van der Waals surface area contributed by atoms with Crippen molar-refractivity contribution in [2.45, 2.75) is 26.2 Å². The van der Waals surface area contributed by atoms with Crippen molar-refractivity contribution in [1.29, 1.82) is 0 Å². The lowest BCUT2D eigenvalue weighted by Gasteiger charge is -2.08. The summed E-state index contributed by atoms with van der Waals surface area (Å²) in [5.41, 5.74) is 8.19. The Morgan fingerprint density at radius 1 is 0.921 bits per heavy atom. The SMILES string of the molecule is CC/C=C\C=C/Nc1cc2oc3c(c2c2c4cc(-c5ccc6ccccc6c5)ccc4n(C)c12)CCC=C3. The summed E-state index contributed by atoms with van der Waals surface area (Å²) in [7, 11) is 2.17. The van der Waals surface area contributed by atoms with Gasteiger partial charge in [0, 0.05) is 46.6 Å². The van der Waals surface area contributed by atoms with Crippen molar-refractivity contribution in [2.24, 2.45) is 7.05 Å². The van der Waals surface area contributed by atoms with Gasteiger partial charge >= 0.3 is 0 Å². The molecule has 0 saturated carbocycles. The van der Waals surface area contributed by atoms with E-state index in [9.17, 15) is 0 Å². The van der Waals surface area contributed by atoms with Gasteiger partial charge in [-0.2, -0.15) is 0 Å². The Labute approximate surface area is 222 Å². The van der Waals surface area contributed by atoms with Gasteiger partial charge < -0.3 is 14.3 Å². The molecule has 0 saturated heterocycles. The molecule has 1 aliphatic carbocycles. The molecular formula is C35H30N2O. The Morgan fingerprint density at radius 3 is 2.66 bits per heavy atom. The minimum absolute atomic E-state index is 0.942. The average molecular weight is 495 g/mol. The number of nitrogens with one attached hydrogen (secondary N) is 1. The second-order valence-corrected chi connectivity index (χ2v) is 10.1. The first kappa shape index (κ1) is 22.7. The molecule has 0 unspecified atom stereocenters. The molecule has 38 heavy (non-hydrogen) atoms. The van der Waals surface area contributed by atoms with Gasteiger partial charge in [0.25, 0.3) is 0 Å². The van der Waals surface area contributed by atoms with Crippen LogP contribution in [0.4, 0.5) is 5.69 Å².